The molecule has 1 rings (SSSR count). The Morgan fingerprint density at radius 2 is 1.74 bits per heavy atom. The lowest BCUT2D eigenvalue weighted by molar-refractivity contribution is -0.119. The summed E-state index contributed by atoms with van der Waals surface area (Å²) in [5.41, 5.74) is 5.30. The fourth-order valence-electron chi connectivity index (χ4n) is 2.70. The molecular weight excluding hydrogens is 306 g/mol. The predicted octanol–water partition coefficient (Wildman–Crippen LogP) is -3.12. The number of nitrogens with zero attached hydrogens (tertiary/aromatic N) is 1. The lowest BCUT2D eigenvalue weighted by atomic mass is 10.1. The topological polar surface area (TPSA) is 138 Å². The van der Waals surface area contributed by atoms with E-state index in [1.165, 1.54) is 6.92 Å². The van der Waals surface area contributed by atoms with Gasteiger partial charge in [-0.3, -0.25) is 9.69 Å². The Morgan fingerprint density at radius 1 is 1.13 bits per heavy atom. The van der Waals surface area contributed by atoms with E-state index in [0.29, 0.717) is 39.5 Å². The quantitative estimate of drug-likeness (QED) is 0.250. The van der Waals surface area contributed by atoms with Crippen molar-refractivity contribution in [1.29, 1.82) is 0 Å². The van der Waals surface area contributed by atoms with Crippen molar-refractivity contribution in [2.45, 2.75) is 31.2 Å². The molecule has 1 amide bonds. The van der Waals surface area contributed by atoms with Crippen LogP contribution in [0.3, 0.4) is 0 Å². The van der Waals surface area contributed by atoms with Gasteiger partial charge in [0.2, 0.25) is 5.91 Å². The Kier molecular flexibility index (Phi) is 9.56. The Hall–Kier alpha value is -0.810. The van der Waals surface area contributed by atoms with Crippen molar-refractivity contribution in [3.05, 3.63) is 0 Å². The third-order valence-electron chi connectivity index (χ3n) is 3.87. The molecule has 9 heteroatoms. The second-order valence-corrected chi connectivity index (χ2v) is 5.49. The number of hydrogen-bond acceptors (Lipinski definition) is 8. The van der Waals surface area contributed by atoms with Gasteiger partial charge < -0.3 is 35.8 Å². The van der Waals surface area contributed by atoms with Crippen LogP contribution < -0.4 is 11.1 Å². The number of aliphatic hydroxyl groups is 3. The van der Waals surface area contributed by atoms with Gasteiger partial charge in [0.25, 0.3) is 0 Å². The number of hydrogen-bond donors (Lipinski definition) is 5. The Morgan fingerprint density at radius 3 is 2.30 bits per heavy atom. The van der Waals surface area contributed by atoms with E-state index in [9.17, 15) is 20.1 Å². The molecule has 0 aliphatic carbocycles. The fraction of sp³-hybridized carbons (Fsp3) is 0.929. The molecule has 1 fully saturated rings. The molecule has 23 heavy (non-hydrogen) atoms. The van der Waals surface area contributed by atoms with Gasteiger partial charge in [-0.2, -0.15) is 0 Å². The third kappa shape index (κ3) is 6.30. The van der Waals surface area contributed by atoms with Crippen LogP contribution in [0.5, 0.6) is 0 Å². The first-order chi connectivity index (χ1) is 11.0. The van der Waals surface area contributed by atoms with Crippen LogP contribution in [-0.4, -0.2) is 103 Å². The van der Waals surface area contributed by atoms with Gasteiger partial charge in [-0.25, -0.2) is 0 Å². The minimum absolute atomic E-state index is 0.198. The smallest absolute Gasteiger partial charge is 0.216 e. The minimum Gasteiger partial charge on any atom is -0.395 e. The van der Waals surface area contributed by atoms with Crippen molar-refractivity contribution < 1.29 is 29.6 Å². The van der Waals surface area contributed by atoms with Crippen LogP contribution in [0, 0.1) is 0 Å². The van der Waals surface area contributed by atoms with E-state index in [4.69, 9.17) is 15.2 Å². The van der Waals surface area contributed by atoms with Crippen molar-refractivity contribution in [3.8, 4) is 0 Å². The zero-order valence-electron chi connectivity index (χ0n) is 13.6. The van der Waals surface area contributed by atoms with E-state index >= 15 is 0 Å². The number of rotatable bonds is 11. The number of ether oxygens (including phenoxy) is 2. The van der Waals surface area contributed by atoms with Crippen LogP contribution in [-0.2, 0) is 14.3 Å². The summed E-state index contributed by atoms with van der Waals surface area (Å²) in [6.07, 6.45) is -2.10. The van der Waals surface area contributed by atoms with Crippen LogP contribution >= 0.6 is 0 Å². The molecule has 136 valence electrons. The molecule has 1 aliphatic heterocycles. The Labute approximate surface area is 136 Å². The number of carbonyl (C=O) groups is 1. The van der Waals surface area contributed by atoms with E-state index in [2.05, 4.69) is 5.32 Å². The van der Waals surface area contributed by atoms with Crippen LogP contribution in [0.2, 0.25) is 0 Å². The number of aliphatic hydroxyl groups excluding tert-OH is 3. The molecule has 4 atom stereocenters. The molecule has 0 aromatic carbocycles. The summed E-state index contributed by atoms with van der Waals surface area (Å²) in [7, 11) is 0. The highest BCUT2D eigenvalue weighted by atomic mass is 16.5. The van der Waals surface area contributed by atoms with Gasteiger partial charge in [-0.1, -0.05) is 0 Å². The molecule has 0 spiro atoms. The summed E-state index contributed by atoms with van der Waals surface area (Å²) in [5.74, 6) is -0.215. The number of nitrogens with two attached hydrogens (primary N) is 1. The lowest BCUT2D eigenvalue weighted by Crippen LogP contribution is -2.48. The first kappa shape index (κ1) is 20.2. The summed E-state index contributed by atoms with van der Waals surface area (Å²) in [6, 6.07) is -1.05. The Bertz CT molecular complexity index is 346. The molecule has 0 radical (unpaired) electrons. The van der Waals surface area contributed by atoms with Gasteiger partial charge in [0, 0.05) is 26.6 Å². The van der Waals surface area contributed by atoms with E-state index < -0.39 is 24.3 Å². The molecule has 0 saturated carbocycles. The molecule has 0 bridgehead atoms. The van der Waals surface area contributed by atoms with Gasteiger partial charge in [-0.05, 0) is 0 Å². The van der Waals surface area contributed by atoms with Crippen molar-refractivity contribution in [2.24, 2.45) is 5.73 Å². The zero-order chi connectivity index (χ0) is 17.2. The van der Waals surface area contributed by atoms with Crippen LogP contribution in [0.1, 0.15) is 6.92 Å². The van der Waals surface area contributed by atoms with Gasteiger partial charge in [0.05, 0.1) is 57.3 Å². The molecule has 1 aliphatic rings. The van der Waals surface area contributed by atoms with Crippen LogP contribution in [0.4, 0.5) is 0 Å². The summed E-state index contributed by atoms with van der Waals surface area (Å²) in [5, 5.41) is 32.2. The molecular formula is C14H29N3O6. The van der Waals surface area contributed by atoms with E-state index in [-0.39, 0.29) is 19.1 Å². The summed E-state index contributed by atoms with van der Waals surface area (Å²) >= 11 is 0. The Balaban J connectivity index is 2.44. The van der Waals surface area contributed by atoms with Crippen LogP contribution in [0.15, 0.2) is 0 Å². The predicted molar refractivity (Wildman–Crippen MR) is 82.8 cm³/mol. The maximum absolute atomic E-state index is 11.1. The summed E-state index contributed by atoms with van der Waals surface area (Å²) in [6.45, 7) is 3.89. The first-order valence-electron chi connectivity index (χ1n) is 7.85. The summed E-state index contributed by atoms with van der Waals surface area (Å²) in [4.78, 5) is 12.8. The highest BCUT2D eigenvalue weighted by Gasteiger charge is 2.46. The third-order valence-corrected chi connectivity index (χ3v) is 3.87. The monoisotopic (exact) mass is 335 g/mol. The van der Waals surface area contributed by atoms with Crippen molar-refractivity contribution in [1.82, 2.24) is 10.2 Å². The molecule has 0 aromatic rings. The number of carbonyl (C=O) groups excluding carboxylic acids is 1. The largest absolute Gasteiger partial charge is 0.395 e. The fourth-order valence-corrected chi connectivity index (χ4v) is 2.70. The van der Waals surface area contributed by atoms with Crippen molar-refractivity contribution >= 4 is 5.91 Å². The zero-order valence-corrected chi connectivity index (χ0v) is 13.6. The minimum atomic E-state index is -1.06. The normalized spacial score (nSPS) is 28.2. The van der Waals surface area contributed by atoms with E-state index in [0.717, 1.165) is 0 Å². The average Bonchev–Trinajstić information content (AvgIpc) is 2.75. The van der Waals surface area contributed by atoms with Crippen molar-refractivity contribution in [3.63, 3.8) is 0 Å². The highest BCUT2D eigenvalue weighted by Crippen LogP contribution is 2.24. The highest BCUT2D eigenvalue weighted by molar-refractivity contribution is 5.72. The lowest BCUT2D eigenvalue weighted by Gasteiger charge is -2.29. The molecule has 1 heterocycles. The SMILES string of the molecule is CC(=O)NC[C@@H]1[C@@H](O)[C@H](O)[C@@H](CO)N1CCOCCOCCN. The summed E-state index contributed by atoms with van der Waals surface area (Å²) < 4.78 is 10.6. The molecule has 0 aromatic heterocycles. The molecule has 1 saturated heterocycles. The van der Waals surface area contributed by atoms with Crippen LogP contribution in [0.25, 0.3) is 0 Å². The van der Waals surface area contributed by atoms with Gasteiger partial charge in [0.1, 0.15) is 0 Å². The molecule has 0 unspecified atom stereocenters. The van der Waals surface area contributed by atoms with Gasteiger partial charge >= 0.3 is 0 Å². The number of amides is 1. The van der Waals surface area contributed by atoms with Crippen molar-refractivity contribution in [2.75, 3.05) is 52.7 Å². The molecule has 6 N–H and O–H groups in total. The maximum Gasteiger partial charge on any atom is 0.216 e. The first-order valence-corrected chi connectivity index (χ1v) is 7.85. The number of nitrogens with one attached hydrogen (secondary N) is 1. The van der Waals surface area contributed by atoms with E-state index in [1.807, 2.05) is 0 Å². The molecule has 9 nitrogen and oxygen atoms in total. The van der Waals surface area contributed by atoms with E-state index in [1.54, 1.807) is 4.90 Å². The average molecular weight is 335 g/mol. The standard InChI is InChI=1S/C14H29N3O6/c1-10(19)16-8-11-13(20)14(21)12(9-18)17(11)3-5-23-7-6-22-4-2-15/h11-14,18,20-21H,2-9,15H2,1H3,(H,16,19)/t11-,12-,13-,14-/m1/s1. The number of likely N-dealkylation sites (tertiary alicyclic amines) is 1. The maximum atomic E-state index is 11.1. The van der Waals surface area contributed by atoms with Gasteiger partial charge in [0.15, 0.2) is 0 Å². The second kappa shape index (κ2) is 10.9. The van der Waals surface area contributed by atoms with Gasteiger partial charge in [-0.15, -0.1) is 0 Å². The second-order valence-electron chi connectivity index (χ2n) is 5.49.